The summed E-state index contributed by atoms with van der Waals surface area (Å²) < 4.78 is 42.6. The van der Waals surface area contributed by atoms with Crippen molar-refractivity contribution in [3.8, 4) is 22.8 Å². The largest absolute Gasteiger partial charge is 0.573 e. The molecule has 1 atom stereocenters. The molecule has 1 aliphatic rings. The number of carbonyl (C=O) groups is 2. The van der Waals surface area contributed by atoms with Crippen LogP contribution < -0.4 is 15.0 Å². The zero-order chi connectivity index (χ0) is 32.3. The number of aryl methyl sites for hydroxylation is 3. The van der Waals surface area contributed by atoms with Crippen molar-refractivity contribution in [2.24, 2.45) is 4.99 Å². The minimum atomic E-state index is -4.76. The number of alkyl halides is 3. The molecule has 4 aromatic rings. The molecule has 1 N–H and O–H groups in total. The summed E-state index contributed by atoms with van der Waals surface area (Å²) in [6.45, 7) is 8.36. The van der Waals surface area contributed by atoms with Crippen molar-refractivity contribution in [1.82, 2.24) is 20.1 Å². The predicted octanol–water partition coefficient (Wildman–Crippen LogP) is 7.10. The van der Waals surface area contributed by atoms with Crippen LogP contribution in [0.3, 0.4) is 0 Å². The van der Waals surface area contributed by atoms with Gasteiger partial charge in [0.05, 0.1) is 17.1 Å². The van der Waals surface area contributed by atoms with E-state index in [1.165, 1.54) is 47.0 Å². The van der Waals surface area contributed by atoms with Crippen molar-refractivity contribution >= 4 is 34.6 Å². The number of halogens is 3. The summed E-state index contributed by atoms with van der Waals surface area (Å²) in [6.07, 6.45) is -2.60. The Kier molecular flexibility index (Phi) is 9.28. The third-order valence-electron chi connectivity index (χ3n) is 7.24. The van der Waals surface area contributed by atoms with E-state index in [1.54, 1.807) is 4.90 Å². The first-order valence-electron chi connectivity index (χ1n) is 14.2. The molecule has 0 bridgehead atoms. The predicted molar refractivity (Wildman–Crippen MR) is 168 cm³/mol. The van der Waals surface area contributed by atoms with Crippen molar-refractivity contribution in [3.05, 3.63) is 89.2 Å². The van der Waals surface area contributed by atoms with Crippen LogP contribution in [0.15, 0.2) is 72.0 Å². The van der Waals surface area contributed by atoms with Crippen LogP contribution in [-0.4, -0.2) is 50.5 Å². The van der Waals surface area contributed by atoms with Gasteiger partial charge in [-0.15, -0.1) is 18.3 Å². The second-order valence-corrected chi connectivity index (χ2v) is 11.7. The Hall–Kier alpha value is -4.65. The summed E-state index contributed by atoms with van der Waals surface area (Å²) in [5, 5.41) is 7.66. The van der Waals surface area contributed by atoms with Crippen molar-refractivity contribution in [2.45, 2.75) is 46.4 Å². The van der Waals surface area contributed by atoms with Crippen LogP contribution in [0.5, 0.6) is 5.75 Å². The molecule has 1 aliphatic heterocycles. The van der Waals surface area contributed by atoms with Gasteiger partial charge in [-0.3, -0.25) is 9.69 Å². The highest BCUT2D eigenvalue weighted by Crippen LogP contribution is 2.33. The van der Waals surface area contributed by atoms with Gasteiger partial charge in [0.2, 0.25) is 5.91 Å². The molecule has 1 saturated heterocycles. The molecule has 45 heavy (non-hydrogen) atoms. The maximum atomic E-state index is 12.7. The molecule has 13 heteroatoms. The fraction of sp³-hybridized carbons (Fsp3) is 0.281. The number of aliphatic imine (C=N–C) groups is 1. The summed E-state index contributed by atoms with van der Waals surface area (Å²) in [6, 6.07) is 16.6. The molecule has 0 spiro atoms. The summed E-state index contributed by atoms with van der Waals surface area (Å²) in [5.41, 5.74) is 6.15. The van der Waals surface area contributed by atoms with Crippen molar-refractivity contribution < 1.29 is 27.5 Å². The van der Waals surface area contributed by atoms with Crippen LogP contribution in [0, 0.1) is 20.8 Å². The van der Waals surface area contributed by atoms with Gasteiger partial charge in [0.1, 0.15) is 12.1 Å². The number of ether oxygens (including phenoxy) is 1. The molecule has 2 heterocycles. The summed E-state index contributed by atoms with van der Waals surface area (Å²) in [4.78, 5) is 35.5. The van der Waals surface area contributed by atoms with Gasteiger partial charge in [0.15, 0.2) is 11.0 Å². The number of hydrogen-bond acceptors (Lipinski definition) is 6. The first kappa shape index (κ1) is 31.8. The first-order chi connectivity index (χ1) is 21.4. The summed E-state index contributed by atoms with van der Waals surface area (Å²) in [7, 11) is 0. The van der Waals surface area contributed by atoms with E-state index in [-0.39, 0.29) is 23.3 Å². The molecule has 1 unspecified atom stereocenters. The standard InChI is InChI=1S/C32H31F3N6O3S/c1-19-15-21(3)28(22(4)16-19)41-27(42)17-45-31(41)38-30(43)36-14-13-20(2)23-5-7-24(8-6-23)29-37-18-40(39-29)25-9-11-26(12-10-25)44-32(33,34)35/h5-12,15-16,18,20H,13-14,17H2,1-4H3,(H,36,43). The maximum Gasteiger partial charge on any atom is 0.573 e. The summed E-state index contributed by atoms with van der Waals surface area (Å²) in [5.74, 6) is 0.407. The van der Waals surface area contributed by atoms with Crippen LogP contribution in [-0.2, 0) is 4.79 Å². The molecule has 0 radical (unpaired) electrons. The van der Waals surface area contributed by atoms with E-state index in [2.05, 4.69) is 32.1 Å². The average Bonchev–Trinajstić information content (AvgIpc) is 3.60. The number of anilines is 1. The topological polar surface area (TPSA) is 102 Å². The molecule has 1 fully saturated rings. The fourth-order valence-electron chi connectivity index (χ4n) is 5.16. The van der Waals surface area contributed by atoms with E-state index in [0.29, 0.717) is 29.6 Å². The molecule has 9 nitrogen and oxygen atoms in total. The minimum Gasteiger partial charge on any atom is -0.406 e. The molecule has 5 rings (SSSR count). The average molecular weight is 637 g/mol. The fourth-order valence-corrected chi connectivity index (χ4v) is 6.01. The Balaban J connectivity index is 1.16. The van der Waals surface area contributed by atoms with E-state index >= 15 is 0 Å². The highest BCUT2D eigenvalue weighted by atomic mass is 32.2. The Morgan fingerprint density at radius 1 is 1.07 bits per heavy atom. The van der Waals surface area contributed by atoms with Crippen LogP contribution in [0.4, 0.5) is 23.7 Å². The number of nitrogens with zero attached hydrogens (tertiary/aromatic N) is 5. The quantitative estimate of drug-likeness (QED) is 0.222. The van der Waals surface area contributed by atoms with Gasteiger partial charge in [-0.05, 0) is 74.1 Å². The van der Waals surface area contributed by atoms with Crippen molar-refractivity contribution in [3.63, 3.8) is 0 Å². The van der Waals surface area contributed by atoms with Gasteiger partial charge >= 0.3 is 12.4 Å². The zero-order valence-corrected chi connectivity index (χ0v) is 25.9. The molecule has 3 aromatic carbocycles. The third kappa shape index (κ3) is 7.72. The zero-order valence-electron chi connectivity index (χ0n) is 25.1. The van der Waals surface area contributed by atoms with Gasteiger partial charge in [-0.25, -0.2) is 14.5 Å². The molecule has 3 amide bonds. The lowest BCUT2D eigenvalue weighted by Crippen LogP contribution is -2.32. The van der Waals surface area contributed by atoms with E-state index in [0.717, 1.165) is 33.5 Å². The Labute approximate surface area is 262 Å². The lowest BCUT2D eigenvalue weighted by molar-refractivity contribution is -0.274. The molecular formula is C32H31F3N6O3S. The van der Waals surface area contributed by atoms with E-state index in [4.69, 9.17) is 0 Å². The lowest BCUT2D eigenvalue weighted by Gasteiger charge is -2.21. The number of benzene rings is 3. The van der Waals surface area contributed by atoms with Gasteiger partial charge in [-0.2, -0.15) is 4.99 Å². The highest BCUT2D eigenvalue weighted by Gasteiger charge is 2.33. The SMILES string of the molecule is Cc1cc(C)c(N2C(=O)CSC2=NC(=O)NCCC(C)c2ccc(-c3ncn(-c4ccc(OC(F)(F)F)cc4)n3)cc2)c(C)c1. The minimum absolute atomic E-state index is 0.103. The Morgan fingerprint density at radius 2 is 1.73 bits per heavy atom. The number of aromatic nitrogens is 3. The number of nitrogens with one attached hydrogen (secondary N) is 1. The number of hydrogen-bond donors (Lipinski definition) is 1. The number of rotatable bonds is 8. The van der Waals surface area contributed by atoms with Crippen molar-refractivity contribution in [2.75, 3.05) is 17.2 Å². The van der Waals surface area contributed by atoms with Crippen LogP contribution in [0.2, 0.25) is 0 Å². The lowest BCUT2D eigenvalue weighted by atomic mass is 9.96. The van der Waals surface area contributed by atoms with Gasteiger partial charge < -0.3 is 10.1 Å². The van der Waals surface area contributed by atoms with Crippen molar-refractivity contribution in [1.29, 1.82) is 0 Å². The number of thioether (sulfide) groups is 1. The van der Waals surface area contributed by atoms with Gasteiger partial charge in [-0.1, -0.05) is 60.6 Å². The second kappa shape index (κ2) is 13.1. The number of amides is 3. The maximum absolute atomic E-state index is 12.7. The second-order valence-electron chi connectivity index (χ2n) is 10.8. The van der Waals surface area contributed by atoms with Crippen LogP contribution in [0.1, 0.15) is 41.5 Å². The number of carbonyl (C=O) groups excluding carboxylic acids is 2. The third-order valence-corrected chi connectivity index (χ3v) is 8.16. The first-order valence-corrected chi connectivity index (χ1v) is 15.1. The smallest absolute Gasteiger partial charge is 0.406 e. The number of urea groups is 1. The van der Waals surface area contributed by atoms with E-state index < -0.39 is 12.4 Å². The molecule has 234 valence electrons. The van der Waals surface area contributed by atoms with Gasteiger partial charge in [0.25, 0.3) is 0 Å². The summed E-state index contributed by atoms with van der Waals surface area (Å²) >= 11 is 1.25. The van der Waals surface area contributed by atoms with E-state index in [1.807, 2.05) is 57.2 Å². The normalized spacial score (nSPS) is 15.0. The highest BCUT2D eigenvalue weighted by molar-refractivity contribution is 8.15. The van der Waals surface area contributed by atoms with Crippen LogP contribution in [0.25, 0.3) is 17.1 Å². The Bertz CT molecular complexity index is 1710. The Morgan fingerprint density at radius 3 is 2.38 bits per heavy atom. The molecule has 0 aliphatic carbocycles. The van der Waals surface area contributed by atoms with Crippen LogP contribution >= 0.6 is 11.8 Å². The molecule has 1 aromatic heterocycles. The monoisotopic (exact) mass is 636 g/mol. The van der Waals surface area contributed by atoms with Gasteiger partial charge in [0, 0.05) is 12.1 Å². The molecular weight excluding hydrogens is 605 g/mol. The molecule has 0 saturated carbocycles. The van der Waals surface area contributed by atoms with E-state index in [9.17, 15) is 22.8 Å². The number of amidine groups is 1.